The van der Waals surface area contributed by atoms with Crippen molar-refractivity contribution in [3.05, 3.63) is 215 Å². The minimum Gasteiger partial charge on any atom is -0.479 e. The van der Waals surface area contributed by atoms with Gasteiger partial charge in [0.2, 0.25) is 0 Å². The Morgan fingerprint density at radius 1 is 0.338 bits per heavy atom. The second-order valence-corrected chi connectivity index (χ2v) is 46.9. The van der Waals surface area contributed by atoms with E-state index in [9.17, 15) is 45.0 Å². The zero-order chi connectivity index (χ0) is 96.2. The van der Waals surface area contributed by atoms with Gasteiger partial charge in [0.05, 0.1) is 85.9 Å². The summed E-state index contributed by atoms with van der Waals surface area (Å²) in [6, 6.07) is 58.1. The lowest BCUT2D eigenvalue weighted by Crippen LogP contribution is -2.51. The largest absolute Gasteiger partial charge is 0.479 e. The van der Waals surface area contributed by atoms with Crippen LogP contribution >= 0.6 is 0 Å². The normalized spacial score (nSPS) is 24.8. The lowest BCUT2D eigenvalue weighted by atomic mass is 10.0. The SMILES string of the molecule is CC1(C)OC(C(CO)OCc2ccccc2)C(C(CO)OCc2ccccc2)O1.CC1(C)OC(C(CO[Si](C)(C)C(C)(C)C)OCc2ccccc2)C(C(CO[Si](C)(C)C(C)(C)C)OCc2ccccc2)O1.CC1(C)OC(C(OCc2ccccc2)C(=O)O)C(C(OCc2ccccc2)C(=O)O)O1.CC1(C)OC([C@@H](O)CO)C([C@@H](O)CO)O1.O=C1O[C@@H]([C@@H](O)CO)C(O)C1O. The number of aliphatic carboxylic acids is 2. The predicted octanol–water partition coefficient (Wildman–Crippen LogP) is 9.43. The Bertz CT molecular complexity index is 3980. The fourth-order valence-corrected chi connectivity index (χ4v) is 16.0. The molecule has 0 bridgehead atoms. The van der Waals surface area contributed by atoms with E-state index in [1.54, 1.807) is 65.8 Å². The minimum absolute atomic E-state index is 0.0213. The quantitative estimate of drug-likeness (QED) is 0.0126. The lowest BCUT2D eigenvalue weighted by Gasteiger charge is -2.40. The van der Waals surface area contributed by atoms with Crippen LogP contribution in [0.25, 0.3) is 0 Å². The number of rotatable bonds is 40. The third kappa shape index (κ3) is 33.9. The highest BCUT2D eigenvalue weighted by molar-refractivity contribution is 6.74. The van der Waals surface area contributed by atoms with Gasteiger partial charge >= 0.3 is 17.9 Å². The topological polar surface area (TPSA) is 451 Å². The zero-order valence-electron chi connectivity index (χ0n) is 78.1. The summed E-state index contributed by atoms with van der Waals surface area (Å²) in [5.74, 6) is -7.38. The molecule has 16 unspecified atom stereocenters. The second kappa shape index (κ2) is 50.6. The molecule has 6 aromatic carbocycles. The minimum atomic E-state index is -2.06. The van der Waals surface area contributed by atoms with Gasteiger partial charge in [-0.1, -0.05) is 224 Å². The number of carboxylic acids is 2. The molecule has 6 aromatic rings. The first-order chi connectivity index (χ1) is 61.1. The van der Waals surface area contributed by atoms with Crippen molar-refractivity contribution in [3.8, 4) is 0 Å². The van der Waals surface area contributed by atoms with Crippen LogP contribution in [0.3, 0.4) is 0 Å². The molecule has 0 saturated carbocycles. The number of aliphatic hydroxyl groups excluding tert-OH is 10. The van der Waals surface area contributed by atoms with Crippen molar-refractivity contribution in [2.45, 2.75) is 318 Å². The molecule has 5 fully saturated rings. The molecule has 130 heavy (non-hydrogen) atoms. The van der Waals surface area contributed by atoms with E-state index in [4.69, 9.17) is 106 Å². The standard InChI is InChI=1S/C35H58O6Si2.C23H26O8.C23H30O6.C9H18O6.C6H10O6/c1-33(2,3)42(9,10)38-25-29(36-23-27-19-15-13-16-20-27)31-32(41-35(7,8)40-31)30(26-39-43(11,12)34(4,5)6)37-24-28-21-17-14-18-22-28;1-23(2)30-17(19(21(24)25)28-13-15-9-5-3-6-10-15)18(31-23)20(22(26)27)29-14-16-11-7-4-8-12-16;1-23(2)28-21(19(13-24)26-15-17-9-5-3-6-10-17)22(29-23)20(14-25)27-16-18-11-7-4-8-12-18;1-9(2)14-7(5(12)3-10)8(15-9)6(13)4-11;7-1-2(8)5-3(9)4(10)6(11)12-5/h13-22,29-32H,23-26H2,1-12H3;3-12,17-20H,13-14H2,1-2H3,(H,24,25)(H,26,27);3-12,19-22,24-25H,13-16H2,1-2H3;5-8,10-13H,3-4H2,1-2H3;2-5,7-10H,1H2/t;;;5-,6-,7?,8?;2-,3?,4?,5-/m...00/s1. The summed E-state index contributed by atoms with van der Waals surface area (Å²) in [6.07, 6.45) is -18.9. The number of aliphatic hydroxyl groups is 10. The smallest absolute Gasteiger partial charge is 0.338 e. The van der Waals surface area contributed by atoms with Gasteiger partial charge in [0.1, 0.15) is 97.7 Å². The van der Waals surface area contributed by atoms with Crippen LogP contribution in [0.1, 0.15) is 130 Å². The van der Waals surface area contributed by atoms with E-state index in [-0.39, 0.29) is 48.7 Å². The van der Waals surface area contributed by atoms with Crippen LogP contribution < -0.4 is 0 Å². The van der Waals surface area contributed by atoms with Gasteiger partial charge in [-0.2, -0.15) is 0 Å². The van der Waals surface area contributed by atoms with Crippen molar-refractivity contribution >= 4 is 34.5 Å². The van der Waals surface area contributed by atoms with Crippen molar-refractivity contribution in [2.75, 3.05) is 46.2 Å². The monoisotopic (exact) mass is 1860 g/mol. The fraction of sp³-hybridized carbons (Fsp3) is 0.594. The lowest BCUT2D eigenvalue weighted by molar-refractivity contribution is -0.178. The Kier molecular flexibility index (Phi) is 42.9. The number of ether oxygens (including phenoxy) is 15. The number of cyclic esters (lactones) is 1. The number of hydrogen-bond acceptors (Lipinski definition) is 30. The fourth-order valence-electron chi connectivity index (χ4n) is 13.9. The second-order valence-electron chi connectivity index (χ2n) is 37.3. The van der Waals surface area contributed by atoms with Crippen molar-refractivity contribution in [3.63, 3.8) is 0 Å². The van der Waals surface area contributed by atoms with E-state index in [1.807, 2.05) is 147 Å². The van der Waals surface area contributed by atoms with E-state index in [1.165, 1.54) is 0 Å². The summed E-state index contributed by atoms with van der Waals surface area (Å²) in [7, 11) is -4.12. The molecule has 726 valence electrons. The van der Waals surface area contributed by atoms with E-state index >= 15 is 0 Å². The molecule has 0 aromatic heterocycles. The van der Waals surface area contributed by atoms with Crippen LogP contribution in [-0.4, -0.2) is 287 Å². The molecule has 0 radical (unpaired) electrons. The first-order valence-electron chi connectivity index (χ1n) is 43.8. The Balaban J connectivity index is 0.000000236. The first-order valence-corrected chi connectivity index (χ1v) is 49.6. The molecule has 34 heteroatoms. The molecule has 20 atom stereocenters. The van der Waals surface area contributed by atoms with Gasteiger partial charge in [0, 0.05) is 0 Å². The summed E-state index contributed by atoms with van der Waals surface area (Å²) in [5.41, 5.74) is 5.76. The van der Waals surface area contributed by atoms with Gasteiger partial charge < -0.3 is 141 Å². The number of benzene rings is 6. The summed E-state index contributed by atoms with van der Waals surface area (Å²) in [5, 5.41) is 111. The molecule has 0 aliphatic carbocycles. The van der Waals surface area contributed by atoms with Crippen molar-refractivity contribution in [2.24, 2.45) is 0 Å². The van der Waals surface area contributed by atoms with E-state index < -0.39 is 187 Å². The molecule has 12 N–H and O–H groups in total. The third-order valence-electron chi connectivity index (χ3n) is 23.0. The third-order valence-corrected chi connectivity index (χ3v) is 32.0. The van der Waals surface area contributed by atoms with Gasteiger partial charge in [0.25, 0.3) is 0 Å². The highest BCUT2D eigenvalue weighted by Crippen LogP contribution is 2.43. The maximum atomic E-state index is 12.0. The van der Waals surface area contributed by atoms with Gasteiger partial charge in [-0.05, 0) is 125 Å². The van der Waals surface area contributed by atoms with Crippen LogP contribution in [0, 0.1) is 0 Å². The molecule has 11 rings (SSSR count). The highest BCUT2D eigenvalue weighted by Gasteiger charge is 2.56. The summed E-state index contributed by atoms with van der Waals surface area (Å²) in [4.78, 5) is 34.6. The maximum Gasteiger partial charge on any atom is 0.338 e. The molecule has 0 spiro atoms. The Labute approximate surface area is 766 Å². The Hall–Kier alpha value is -6.88. The number of carbonyl (C=O) groups is 3. The number of esters is 1. The van der Waals surface area contributed by atoms with E-state index in [0.29, 0.717) is 39.6 Å². The van der Waals surface area contributed by atoms with Gasteiger partial charge in [-0.25, -0.2) is 14.4 Å². The summed E-state index contributed by atoms with van der Waals surface area (Å²) in [6.45, 7) is 37.0. The van der Waals surface area contributed by atoms with Crippen LogP contribution in [0.15, 0.2) is 182 Å². The Morgan fingerprint density at radius 2 is 0.554 bits per heavy atom. The van der Waals surface area contributed by atoms with Crippen molar-refractivity contribution in [1.29, 1.82) is 0 Å². The van der Waals surface area contributed by atoms with Crippen molar-refractivity contribution < 1.29 is 156 Å². The van der Waals surface area contributed by atoms with Gasteiger partial charge in [-0.3, -0.25) is 0 Å². The van der Waals surface area contributed by atoms with Crippen LogP contribution in [0.4, 0.5) is 0 Å². The Morgan fingerprint density at radius 3 is 0.769 bits per heavy atom. The predicted molar refractivity (Wildman–Crippen MR) is 482 cm³/mol. The molecule has 0 amide bonds. The van der Waals surface area contributed by atoms with Crippen LogP contribution in [0.2, 0.25) is 36.3 Å². The zero-order valence-corrected chi connectivity index (χ0v) is 80.1. The average Bonchev–Trinajstić information content (AvgIpc) is 1.63. The van der Waals surface area contributed by atoms with E-state index in [0.717, 1.165) is 33.4 Å². The highest BCUT2D eigenvalue weighted by atomic mass is 28.4. The van der Waals surface area contributed by atoms with Gasteiger partial charge in [0.15, 0.2) is 64.2 Å². The molecule has 5 aliphatic heterocycles. The molecule has 5 aliphatic rings. The molecule has 32 nitrogen and oxygen atoms in total. The maximum absolute atomic E-state index is 12.0. The number of carboxylic acid groups (broad SMARTS) is 2. The molecular formula is C96H142O32Si2. The van der Waals surface area contributed by atoms with Crippen molar-refractivity contribution in [1.82, 2.24) is 0 Å². The molecule has 5 saturated heterocycles. The summed E-state index contributed by atoms with van der Waals surface area (Å²) < 4.78 is 102. The number of carbonyl (C=O) groups excluding carboxylic acids is 1. The summed E-state index contributed by atoms with van der Waals surface area (Å²) >= 11 is 0. The first kappa shape index (κ1) is 110. The number of hydrogen-bond donors (Lipinski definition) is 12. The average molecular weight is 1860 g/mol. The van der Waals surface area contributed by atoms with E-state index in [2.05, 4.69) is 96.7 Å². The molecule has 5 heterocycles. The van der Waals surface area contributed by atoms with Crippen LogP contribution in [0.5, 0.6) is 0 Å². The van der Waals surface area contributed by atoms with Crippen LogP contribution in [-0.2, 0) is 134 Å². The molecular weight excluding hydrogens is 1720 g/mol. The van der Waals surface area contributed by atoms with Gasteiger partial charge in [-0.15, -0.1) is 0 Å².